The number of likely N-dealkylation sites (N-methyl/N-ethyl adjacent to an activating group) is 1. The molecule has 0 fully saturated rings. The van der Waals surface area contributed by atoms with Crippen molar-refractivity contribution >= 4 is 5.96 Å². The summed E-state index contributed by atoms with van der Waals surface area (Å²) >= 11 is 0. The SMILES string of the molecule is CN=C(NCc1nccn1C(F)F)N(C)CCOc1ccccc1. The minimum absolute atomic E-state index is 0.161. The number of rotatable bonds is 7. The molecule has 0 bridgehead atoms. The van der Waals surface area contributed by atoms with Crippen molar-refractivity contribution in [3.8, 4) is 5.75 Å². The first-order chi connectivity index (χ1) is 11.6. The van der Waals surface area contributed by atoms with Gasteiger partial charge in [0.15, 0.2) is 5.96 Å². The van der Waals surface area contributed by atoms with Crippen molar-refractivity contribution in [2.24, 2.45) is 4.99 Å². The molecule has 1 N–H and O–H groups in total. The summed E-state index contributed by atoms with van der Waals surface area (Å²) in [5.41, 5.74) is 0. The Labute approximate surface area is 139 Å². The number of hydrogen-bond donors (Lipinski definition) is 1. The monoisotopic (exact) mass is 337 g/mol. The summed E-state index contributed by atoms with van der Waals surface area (Å²) in [5.74, 6) is 1.63. The van der Waals surface area contributed by atoms with Crippen LogP contribution in [-0.2, 0) is 6.54 Å². The molecule has 1 heterocycles. The summed E-state index contributed by atoms with van der Waals surface area (Å²) < 4.78 is 32.0. The van der Waals surface area contributed by atoms with E-state index in [-0.39, 0.29) is 12.4 Å². The molecule has 6 nitrogen and oxygen atoms in total. The standard InChI is InChI=1S/C16H21F2N5O/c1-19-16(21-12-14-20-8-9-23(14)15(17)18)22(2)10-11-24-13-6-4-3-5-7-13/h3-9,15H,10-12H2,1-2H3,(H,19,21). The molecule has 0 spiro atoms. The lowest BCUT2D eigenvalue weighted by Crippen LogP contribution is -2.40. The summed E-state index contributed by atoms with van der Waals surface area (Å²) in [7, 11) is 3.49. The fourth-order valence-corrected chi connectivity index (χ4v) is 2.12. The van der Waals surface area contributed by atoms with Gasteiger partial charge in [0.25, 0.3) is 0 Å². The van der Waals surface area contributed by atoms with E-state index in [0.29, 0.717) is 19.1 Å². The van der Waals surface area contributed by atoms with Crippen LogP contribution in [0.5, 0.6) is 5.75 Å². The van der Waals surface area contributed by atoms with Crippen molar-refractivity contribution in [3.05, 3.63) is 48.5 Å². The molecule has 0 aliphatic rings. The van der Waals surface area contributed by atoms with Gasteiger partial charge < -0.3 is 15.0 Å². The molecular weight excluding hydrogens is 316 g/mol. The summed E-state index contributed by atoms with van der Waals surface area (Å²) in [6.45, 7) is -1.37. The second-order valence-corrected chi connectivity index (χ2v) is 5.01. The van der Waals surface area contributed by atoms with Gasteiger partial charge >= 0.3 is 6.55 Å². The van der Waals surface area contributed by atoms with E-state index in [9.17, 15) is 8.78 Å². The molecule has 0 atom stereocenters. The average Bonchev–Trinajstić information content (AvgIpc) is 3.05. The highest BCUT2D eigenvalue weighted by molar-refractivity contribution is 5.79. The quantitative estimate of drug-likeness (QED) is 0.622. The Balaban J connectivity index is 1.81. The third-order valence-electron chi connectivity index (χ3n) is 3.38. The zero-order valence-corrected chi connectivity index (χ0v) is 13.7. The molecule has 0 radical (unpaired) electrons. The van der Waals surface area contributed by atoms with Crippen molar-refractivity contribution in [3.63, 3.8) is 0 Å². The maximum atomic E-state index is 12.8. The number of ether oxygens (including phenoxy) is 1. The Kier molecular flexibility index (Phi) is 6.53. The van der Waals surface area contributed by atoms with Gasteiger partial charge in [-0.05, 0) is 12.1 Å². The Morgan fingerprint density at radius 3 is 2.79 bits per heavy atom. The van der Waals surface area contributed by atoms with Crippen LogP contribution in [0.3, 0.4) is 0 Å². The first-order valence-electron chi connectivity index (χ1n) is 7.51. The van der Waals surface area contributed by atoms with Gasteiger partial charge in [0, 0.05) is 26.5 Å². The largest absolute Gasteiger partial charge is 0.492 e. The Morgan fingerprint density at radius 1 is 1.38 bits per heavy atom. The number of imidazole rings is 1. The van der Waals surface area contributed by atoms with Crippen LogP contribution in [0, 0.1) is 0 Å². The molecule has 8 heteroatoms. The maximum absolute atomic E-state index is 12.8. The summed E-state index contributed by atoms with van der Waals surface area (Å²) in [6, 6.07) is 9.51. The Bertz CT molecular complexity index is 645. The highest BCUT2D eigenvalue weighted by atomic mass is 19.3. The molecule has 24 heavy (non-hydrogen) atoms. The molecule has 1 aromatic heterocycles. The zero-order chi connectivity index (χ0) is 17.4. The summed E-state index contributed by atoms with van der Waals surface area (Å²) in [4.78, 5) is 9.93. The van der Waals surface area contributed by atoms with E-state index in [1.54, 1.807) is 7.05 Å². The third-order valence-corrected chi connectivity index (χ3v) is 3.38. The van der Waals surface area contributed by atoms with Crippen LogP contribution >= 0.6 is 0 Å². The third kappa shape index (κ3) is 4.94. The molecule has 0 saturated carbocycles. The van der Waals surface area contributed by atoms with E-state index >= 15 is 0 Å². The molecule has 1 aromatic carbocycles. The van der Waals surface area contributed by atoms with Gasteiger partial charge in [0.2, 0.25) is 0 Å². The van der Waals surface area contributed by atoms with Crippen molar-refractivity contribution in [2.45, 2.75) is 13.1 Å². The number of nitrogens with zero attached hydrogens (tertiary/aromatic N) is 4. The van der Waals surface area contributed by atoms with E-state index in [1.165, 1.54) is 12.4 Å². The highest BCUT2D eigenvalue weighted by Crippen LogP contribution is 2.12. The molecule has 0 aliphatic carbocycles. The fraction of sp³-hybridized carbons (Fsp3) is 0.375. The van der Waals surface area contributed by atoms with Crippen molar-refractivity contribution in [1.82, 2.24) is 19.8 Å². The van der Waals surface area contributed by atoms with Crippen LogP contribution in [0.1, 0.15) is 12.4 Å². The van der Waals surface area contributed by atoms with E-state index < -0.39 is 6.55 Å². The van der Waals surface area contributed by atoms with Crippen LogP contribution in [-0.4, -0.2) is 47.7 Å². The minimum atomic E-state index is -2.61. The van der Waals surface area contributed by atoms with Gasteiger partial charge in [0.1, 0.15) is 18.2 Å². The highest BCUT2D eigenvalue weighted by Gasteiger charge is 2.12. The lowest BCUT2D eigenvalue weighted by Gasteiger charge is -2.22. The molecule has 0 aliphatic heterocycles. The second-order valence-electron chi connectivity index (χ2n) is 5.01. The van der Waals surface area contributed by atoms with Crippen molar-refractivity contribution in [1.29, 1.82) is 0 Å². The first-order valence-corrected chi connectivity index (χ1v) is 7.51. The number of alkyl halides is 2. The van der Waals surface area contributed by atoms with E-state index in [4.69, 9.17) is 4.74 Å². The van der Waals surface area contributed by atoms with Crippen molar-refractivity contribution in [2.75, 3.05) is 27.2 Å². The second kappa shape index (κ2) is 8.85. The van der Waals surface area contributed by atoms with Gasteiger partial charge in [0.05, 0.1) is 13.1 Å². The number of hydrogen-bond acceptors (Lipinski definition) is 3. The maximum Gasteiger partial charge on any atom is 0.319 e. The predicted octanol–water partition coefficient (Wildman–Crippen LogP) is 2.36. The molecule has 2 rings (SSSR count). The van der Waals surface area contributed by atoms with E-state index in [0.717, 1.165) is 10.3 Å². The zero-order valence-electron chi connectivity index (χ0n) is 13.7. The van der Waals surface area contributed by atoms with E-state index in [2.05, 4.69) is 15.3 Å². The molecule has 0 saturated heterocycles. The normalized spacial score (nSPS) is 11.6. The molecule has 0 amide bonds. The number of aliphatic imine (C=N–C) groups is 1. The molecule has 2 aromatic rings. The predicted molar refractivity (Wildman–Crippen MR) is 88.2 cm³/mol. The van der Waals surface area contributed by atoms with Crippen LogP contribution in [0.25, 0.3) is 0 Å². The average molecular weight is 337 g/mol. The van der Waals surface area contributed by atoms with Crippen LogP contribution in [0.2, 0.25) is 0 Å². The number of nitrogens with one attached hydrogen (secondary N) is 1. The van der Waals surface area contributed by atoms with Crippen LogP contribution in [0.4, 0.5) is 8.78 Å². The van der Waals surface area contributed by atoms with Crippen LogP contribution < -0.4 is 10.1 Å². The van der Waals surface area contributed by atoms with Gasteiger partial charge in [-0.3, -0.25) is 9.56 Å². The molecule has 130 valence electrons. The van der Waals surface area contributed by atoms with Gasteiger partial charge in [-0.25, -0.2) is 4.98 Å². The first kappa shape index (κ1) is 17.7. The van der Waals surface area contributed by atoms with Gasteiger partial charge in [-0.15, -0.1) is 0 Å². The summed E-state index contributed by atoms with van der Waals surface area (Å²) in [5, 5.41) is 3.02. The number of para-hydroxylation sites is 1. The molecular formula is C16H21F2N5O. The number of benzene rings is 1. The molecule has 0 unspecified atom stereocenters. The number of halogens is 2. The lowest BCUT2D eigenvalue weighted by molar-refractivity contribution is 0.0668. The number of guanidine groups is 1. The Morgan fingerprint density at radius 2 is 2.12 bits per heavy atom. The lowest BCUT2D eigenvalue weighted by atomic mass is 10.3. The number of aromatic nitrogens is 2. The minimum Gasteiger partial charge on any atom is -0.492 e. The fourth-order valence-electron chi connectivity index (χ4n) is 2.12. The topological polar surface area (TPSA) is 54.7 Å². The van der Waals surface area contributed by atoms with E-state index in [1.807, 2.05) is 42.3 Å². The smallest absolute Gasteiger partial charge is 0.319 e. The van der Waals surface area contributed by atoms with Gasteiger partial charge in [-0.1, -0.05) is 18.2 Å². The van der Waals surface area contributed by atoms with Crippen molar-refractivity contribution < 1.29 is 13.5 Å². The summed E-state index contributed by atoms with van der Waals surface area (Å²) in [6.07, 6.45) is 2.60. The van der Waals surface area contributed by atoms with Crippen LogP contribution in [0.15, 0.2) is 47.7 Å². The van der Waals surface area contributed by atoms with Gasteiger partial charge in [-0.2, -0.15) is 8.78 Å². The Hall–Kier alpha value is -2.64.